The van der Waals surface area contributed by atoms with E-state index in [0.717, 1.165) is 12.8 Å². The fourth-order valence-electron chi connectivity index (χ4n) is 1.56. The van der Waals surface area contributed by atoms with Gasteiger partial charge in [-0.1, -0.05) is 33.6 Å². The Kier molecular flexibility index (Phi) is 6.08. The summed E-state index contributed by atoms with van der Waals surface area (Å²) in [6.07, 6.45) is 2.81. The molecule has 2 atom stereocenters. The highest BCUT2D eigenvalue weighted by Crippen LogP contribution is 2.13. The smallest absolute Gasteiger partial charge is 0.329 e. The van der Waals surface area contributed by atoms with E-state index in [1.54, 1.807) is 6.92 Å². The number of amides is 1. The minimum atomic E-state index is -1.14. The summed E-state index contributed by atoms with van der Waals surface area (Å²) in [5, 5.41) is 11.6. The molecule has 0 aromatic carbocycles. The number of carbonyl (C=O) groups excluding carboxylic acids is 1. The zero-order chi connectivity index (χ0) is 12.8. The maximum absolute atomic E-state index is 11.6. The van der Waals surface area contributed by atoms with E-state index in [2.05, 4.69) is 12.2 Å². The molecule has 94 valence electrons. The molecule has 1 amide bonds. The summed E-state index contributed by atoms with van der Waals surface area (Å²) in [7, 11) is 0. The highest BCUT2D eigenvalue weighted by Gasteiger charge is 2.32. The Bertz CT molecular complexity index is 253. The van der Waals surface area contributed by atoms with E-state index < -0.39 is 11.5 Å². The number of carboxylic acids is 1. The van der Waals surface area contributed by atoms with E-state index in [1.807, 2.05) is 6.92 Å². The Balaban J connectivity index is 4.27. The Morgan fingerprint density at radius 2 is 1.94 bits per heavy atom. The van der Waals surface area contributed by atoms with Crippen LogP contribution in [0.4, 0.5) is 0 Å². The molecule has 0 saturated heterocycles. The minimum absolute atomic E-state index is 0.173. The van der Waals surface area contributed by atoms with Gasteiger partial charge in [-0.3, -0.25) is 4.79 Å². The van der Waals surface area contributed by atoms with E-state index in [9.17, 15) is 9.59 Å². The SMILES string of the molecule is CCCC(C)CC(=O)NC(C)(CC)C(=O)O. The third kappa shape index (κ3) is 4.64. The van der Waals surface area contributed by atoms with Gasteiger partial charge in [0.05, 0.1) is 0 Å². The molecule has 16 heavy (non-hydrogen) atoms. The van der Waals surface area contributed by atoms with Crippen molar-refractivity contribution in [2.24, 2.45) is 5.92 Å². The predicted molar refractivity (Wildman–Crippen MR) is 63.2 cm³/mol. The van der Waals surface area contributed by atoms with Gasteiger partial charge in [0.15, 0.2) is 0 Å². The van der Waals surface area contributed by atoms with Crippen LogP contribution in [0.3, 0.4) is 0 Å². The molecule has 0 saturated carbocycles. The first kappa shape index (κ1) is 14.9. The molecule has 0 heterocycles. The molecule has 0 rings (SSSR count). The van der Waals surface area contributed by atoms with E-state index >= 15 is 0 Å². The molecule has 0 aliphatic carbocycles. The third-order valence-electron chi connectivity index (χ3n) is 2.91. The quantitative estimate of drug-likeness (QED) is 0.703. The van der Waals surface area contributed by atoms with Crippen LogP contribution in [0.15, 0.2) is 0 Å². The van der Waals surface area contributed by atoms with Gasteiger partial charge >= 0.3 is 5.97 Å². The average molecular weight is 229 g/mol. The van der Waals surface area contributed by atoms with Crippen molar-refractivity contribution < 1.29 is 14.7 Å². The maximum Gasteiger partial charge on any atom is 0.329 e. The summed E-state index contributed by atoms with van der Waals surface area (Å²) < 4.78 is 0. The number of carbonyl (C=O) groups is 2. The molecule has 0 aromatic rings. The zero-order valence-corrected chi connectivity index (χ0v) is 10.7. The number of hydrogen-bond donors (Lipinski definition) is 2. The second-order valence-corrected chi connectivity index (χ2v) is 4.64. The van der Waals surface area contributed by atoms with Crippen molar-refractivity contribution in [1.82, 2.24) is 5.32 Å². The second-order valence-electron chi connectivity index (χ2n) is 4.64. The van der Waals surface area contributed by atoms with Gasteiger partial charge in [-0.25, -0.2) is 4.79 Å². The van der Waals surface area contributed by atoms with Gasteiger partial charge in [-0.15, -0.1) is 0 Å². The van der Waals surface area contributed by atoms with Crippen molar-refractivity contribution in [3.8, 4) is 0 Å². The molecule has 0 aliphatic heterocycles. The number of hydrogen-bond acceptors (Lipinski definition) is 2. The van der Waals surface area contributed by atoms with E-state index in [-0.39, 0.29) is 5.91 Å². The van der Waals surface area contributed by atoms with Gasteiger partial charge in [0.25, 0.3) is 0 Å². The molecule has 0 bridgehead atoms. The van der Waals surface area contributed by atoms with Crippen LogP contribution in [0, 0.1) is 5.92 Å². The third-order valence-corrected chi connectivity index (χ3v) is 2.91. The first-order valence-electron chi connectivity index (χ1n) is 5.90. The Morgan fingerprint density at radius 1 is 1.38 bits per heavy atom. The van der Waals surface area contributed by atoms with Crippen molar-refractivity contribution in [3.63, 3.8) is 0 Å². The van der Waals surface area contributed by atoms with E-state index in [1.165, 1.54) is 6.92 Å². The molecule has 4 heteroatoms. The van der Waals surface area contributed by atoms with Crippen LogP contribution in [0.25, 0.3) is 0 Å². The van der Waals surface area contributed by atoms with Gasteiger partial charge in [0.1, 0.15) is 5.54 Å². The summed E-state index contributed by atoms with van der Waals surface area (Å²) in [5.74, 6) is -0.848. The van der Waals surface area contributed by atoms with Crippen molar-refractivity contribution >= 4 is 11.9 Å². The molecule has 0 spiro atoms. The molecular weight excluding hydrogens is 206 g/mol. The molecule has 0 radical (unpaired) electrons. The fraction of sp³-hybridized carbons (Fsp3) is 0.833. The number of nitrogens with one attached hydrogen (secondary N) is 1. The van der Waals surface area contributed by atoms with Crippen LogP contribution in [-0.4, -0.2) is 22.5 Å². The highest BCUT2D eigenvalue weighted by atomic mass is 16.4. The molecule has 2 unspecified atom stereocenters. The summed E-state index contributed by atoms with van der Waals surface area (Å²) in [6.45, 7) is 7.37. The Hall–Kier alpha value is -1.06. The van der Waals surface area contributed by atoms with Crippen molar-refractivity contribution in [2.45, 2.75) is 58.9 Å². The Morgan fingerprint density at radius 3 is 2.31 bits per heavy atom. The highest BCUT2D eigenvalue weighted by molar-refractivity contribution is 5.86. The summed E-state index contributed by atoms with van der Waals surface area (Å²) >= 11 is 0. The van der Waals surface area contributed by atoms with Crippen LogP contribution in [0.5, 0.6) is 0 Å². The zero-order valence-electron chi connectivity index (χ0n) is 10.7. The van der Waals surface area contributed by atoms with Gasteiger partial charge in [-0.2, -0.15) is 0 Å². The molecule has 4 nitrogen and oxygen atoms in total. The van der Waals surface area contributed by atoms with Crippen molar-refractivity contribution in [3.05, 3.63) is 0 Å². The first-order chi connectivity index (χ1) is 7.35. The van der Waals surface area contributed by atoms with Gasteiger partial charge < -0.3 is 10.4 Å². The standard InChI is InChI=1S/C12H23NO3/c1-5-7-9(3)8-10(14)13-12(4,6-2)11(15)16/h9H,5-8H2,1-4H3,(H,13,14)(H,15,16). The van der Waals surface area contributed by atoms with E-state index in [0.29, 0.717) is 18.8 Å². The minimum Gasteiger partial charge on any atom is -0.480 e. The molecule has 0 aliphatic rings. The number of carboxylic acid groups (broad SMARTS) is 1. The molecular formula is C12H23NO3. The van der Waals surface area contributed by atoms with Crippen LogP contribution in [-0.2, 0) is 9.59 Å². The van der Waals surface area contributed by atoms with Crippen LogP contribution < -0.4 is 5.32 Å². The summed E-state index contributed by atoms with van der Waals surface area (Å²) in [4.78, 5) is 22.6. The van der Waals surface area contributed by atoms with Crippen LogP contribution in [0.1, 0.15) is 53.4 Å². The van der Waals surface area contributed by atoms with Gasteiger partial charge in [0, 0.05) is 6.42 Å². The molecule has 0 fully saturated rings. The summed E-state index contributed by atoms with van der Waals surface area (Å²) in [5.41, 5.74) is -1.14. The maximum atomic E-state index is 11.6. The lowest BCUT2D eigenvalue weighted by atomic mass is 9.97. The van der Waals surface area contributed by atoms with Gasteiger partial charge in [-0.05, 0) is 19.3 Å². The predicted octanol–water partition coefficient (Wildman–Crippen LogP) is 2.18. The van der Waals surface area contributed by atoms with Gasteiger partial charge in [0.2, 0.25) is 5.91 Å². The van der Waals surface area contributed by atoms with Crippen LogP contribution >= 0.6 is 0 Å². The monoisotopic (exact) mass is 229 g/mol. The topological polar surface area (TPSA) is 66.4 Å². The largest absolute Gasteiger partial charge is 0.480 e. The van der Waals surface area contributed by atoms with Crippen molar-refractivity contribution in [2.75, 3.05) is 0 Å². The normalized spacial score (nSPS) is 16.2. The average Bonchev–Trinajstić information content (AvgIpc) is 2.17. The van der Waals surface area contributed by atoms with E-state index in [4.69, 9.17) is 5.11 Å². The lowest BCUT2D eigenvalue weighted by Crippen LogP contribution is -2.51. The number of aliphatic carboxylic acids is 1. The number of rotatable bonds is 7. The fourth-order valence-corrected chi connectivity index (χ4v) is 1.56. The molecule has 0 aromatic heterocycles. The lowest BCUT2D eigenvalue weighted by Gasteiger charge is -2.25. The first-order valence-corrected chi connectivity index (χ1v) is 5.90. The summed E-state index contributed by atoms with van der Waals surface area (Å²) in [6, 6.07) is 0. The molecule has 2 N–H and O–H groups in total. The van der Waals surface area contributed by atoms with Crippen molar-refractivity contribution in [1.29, 1.82) is 0 Å². The second kappa shape index (κ2) is 6.51. The lowest BCUT2D eigenvalue weighted by molar-refractivity contribution is -0.147. The van der Waals surface area contributed by atoms with Crippen LogP contribution in [0.2, 0.25) is 0 Å². The Labute approximate surface area is 97.4 Å².